The minimum absolute atomic E-state index is 0.0273. The van der Waals surface area contributed by atoms with Crippen molar-refractivity contribution in [1.29, 1.82) is 0 Å². The highest BCUT2D eigenvalue weighted by atomic mass is 16.1. The van der Waals surface area contributed by atoms with Gasteiger partial charge >= 0.3 is 0 Å². The molecule has 0 spiro atoms. The number of hydrogen-bond acceptors (Lipinski definition) is 2. The molecule has 1 aromatic carbocycles. The number of aryl methyl sites for hydroxylation is 2. The summed E-state index contributed by atoms with van der Waals surface area (Å²) in [5.41, 5.74) is 4.13. The summed E-state index contributed by atoms with van der Waals surface area (Å²) in [4.78, 5) is 12.4. The number of aromatic nitrogens is 2. The van der Waals surface area contributed by atoms with Gasteiger partial charge in [-0.25, -0.2) is 0 Å². The van der Waals surface area contributed by atoms with Crippen LogP contribution in [0.25, 0.3) is 6.08 Å². The molecule has 1 atom stereocenters. The van der Waals surface area contributed by atoms with Gasteiger partial charge in [-0.3, -0.25) is 9.48 Å². The third-order valence-corrected chi connectivity index (χ3v) is 4.19. The van der Waals surface area contributed by atoms with Crippen LogP contribution in [0.5, 0.6) is 0 Å². The zero-order valence-electron chi connectivity index (χ0n) is 15.2. The highest BCUT2D eigenvalue weighted by Gasteiger charge is 2.15. The Kier molecular flexibility index (Phi) is 5.96. The lowest BCUT2D eigenvalue weighted by atomic mass is 9.97. The predicted octanol–water partition coefficient (Wildman–Crippen LogP) is 3.95. The van der Waals surface area contributed by atoms with Crippen molar-refractivity contribution < 1.29 is 4.79 Å². The lowest BCUT2D eigenvalue weighted by Gasteiger charge is -2.20. The van der Waals surface area contributed by atoms with Crippen LogP contribution in [0.15, 0.2) is 36.4 Å². The largest absolute Gasteiger partial charge is 0.346 e. The second kappa shape index (κ2) is 7.95. The predicted molar refractivity (Wildman–Crippen MR) is 98.5 cm³/mol. The summed E-state index contributed by atoms with van der Waals surface area (Å²) in [5.74, 6) is 0.425. The summed E-state index contributed by atoms with van der Waals surface area (Å²) in [7, 11) is 1.91. The Bertz CT molecular complexity index is 714. The molecule has 0 aliphatic carbocycles. The number of carbonyl (C=O) groups excluding carboxylic acids is 1. The van der Waals surface area contributed by atoms with Gasteiger partial charge in [-0.15, -0.1) is 0 Å². The molecule has 0 fully saturated rings. The number of benzene rings is 1. The van der Waals surface area contributed by atoms with Crippen LogP contribution in [0.2, 0.25) is 0 Å². The molecule has 0 bridgehead atoms. The first-order valence-corrected chi connectivity index (χ1v) is 8.42. The van der Waals surface area contributed by atoms with Crippen molar-refractivity contribution in [1.82, 2.24) is 15.1 Å². The van der Waals surface area contributed by atoms with Crippen LogP contribution in [0.1, 0.15) is 48.8 Å². The molecule has 4 heteroatoms. The molecular formula is C20H27N3O. The number of rotatable bonds is 6. The molecule has 0 aliphatic rings. The van der Waals surface area contributed by atoms with Crippen molar-refractivity contribution in [2.24, 2.45) is 13.0 Å². The first-order chi connectivity index (χ1) is 11.4. The molecule has 0 saturated heterocycles. The average Bonchev–Trinajstić information content (AvgIpc) is 2.78. The highest BCUT2D eigenvalue weighted by Crippen LogP contribution is 2.21. The third kappa shape index (κ3) is 4.57. The van der Waals surface area contributed by atoms with E-state index in [0.29, 0.717) is 5.92 Å². The van der Waals surface area contributed by atoms with E-state index in [2.05, 4.69) is 36.4 Å². The standard InChI is InChI=1S/C20H27N3O/c1-14(2)13-19(17-9-7-6-8-10-17)21-20(24)12-11-18-15(3)22-23(5)16(18)4/h6-12,14,19H,13H2,1-5H3,(H,21,24)/b12-11+. The van der Waals surface area contributed by atoms with Crippen LogP contribution in [-0.4, -0.2) is 15.7 Å². The Labute approximate surface area is 144 Å². The van der Waals surface area contributed by atoms with Crippen molar-refractivity contribution in [3.8, 4) is 0 Å². The van der Waals surface area contributed by atoms with Crippen LogP contribution in [-0.2, 0) is 11.8 Å². The summed E-state index contributed by atoms with van der Waals surface area (Å²) < 4.78 is 1.83. The van der Waals surface area contributed by atoms with Crippen molar-refractivity contribution in [3.05, 3.63) is 58.9 Å². The number of amides is 1. The van der Waals surface area contributed by atoms with E-state index >= 15 is 0 Å². The molecule has 1 N–H and O–H groups in total. The zero-order chi connectivity index (χ0) is 17.7. The summed E-state index contributed by atoms with van der Waals surface area (Å²) in [5, 5.41) is 7.50. The second-order valence-corrected chi connectivity index (χ2v) is 6.64. The van der Waals surface area contributed by atoms with Gasteiger partial charge in [0.1, 0.15) is 0 Å². The van der Waals surface area contributed by atoms with Crippen molar-refractivity contribution in [3.63, 3.8) is 0 Å². The first-order valence-electron chi connectivity index (χ1n) is 8.42. The van der Waals surface area contributed by atoms with Crippen LogP contribution in [0.4, 0.5) is 0 Å². The second-order valence-electron chi connectivity index (χ2n) is 6.64. The fourth-order valence-electron chi connectivity index (χ4n) is 2.85. The van der Waals surface area contributed by atoms with E-state index in [-0.39, 0.29) is 11.9 Å². The van der Waals surface area contributed by atoms with Crippen LogP contribution >= 0.6 is 0 Å². The minimum atomic E-state index is -0.0767. The van der Waals surface area contributed by atoms with Gasteiger partial charge in [0.25, 0.3) is 0 Å². The molecule has 1 heterocycles. The van der Waals surface area contributed by atoms with Crippen molar-refractivity contribution >= 4 is 12.0 Å². The van der Waals surface area contributed by atoms with Crippen LogP contribution < -0.4 is 5.32 Å². The Morgan fingerprint density at radius 1 is 1.25 bits per heavy atom. The molecule has 4 nitrogen and oxygen atoms in total. The number of carbonyl (C=O) groups is 1. The lowest BCUT2D eigenvalue weighted by Crippen LogP contribution is -2.27. The number of nitrogens with one attached hydrogen (secondary N) is 1. The molecule has 1 unspecified atom stereocenters. The first kappa shape index (κ1) is 18.0. The van der Waals surface area contributed by atoms with E-state index in [0.717, 1.165) is 28.9 Å². The maximum Gasteiger partial charge on any atom is 0.244 e. The SMILES string of the molecule is Cc1nn(C)c(C)c1/C=C/C(=O)NC(CC(C)C)c1ccccc1. The fraction of sp³-hybridized carbons (Fsp3) is 0.400. The van der Waals surface area contributed by atoms with Crippen molar-refractivity contribution in [2.75, 3.05) is 0 Å². The number of hydrogen-bond donors (Lipinski definition) is 1. The molecule has 0 saturated carbocycles. The molecule has 1 amide bonds. The van der Waals surface area contributed by atoms with Gasteiger partial charge in [-0.1, -0.05) is 44.2 Å². The quantitative estimate of drug-likeness (QED) is 0.817. The molecule has 2 rings (SSSR count). The maximum atomic E-state index is 12.4. The summed E-state index contributed by atoms with van der Waals surface area (Å²) >= 11 is 0. The van der Waals surface area contributed by atoms with Gasteiger partial charge in [0.05, 0.1) is 11.7 Å². The molecular weight excluding hydrogens is 298 g/mol. The summed E-state index contributed by atoms with van der Waals surface area (Å²) in [6.07, 6.45) is 4.37. The molecule has 2 aromatic rings. The highest BCUT2D eigenvalue weighted by molar-refractivity contribution is 5.92. The topological polar surface area (TPSA) is 46.9 Å². The van der Waals surface area contributed by atoms with E-state index in [4.69, 9.17) is 0 Å². The molecule has 0 radical (unpaired) electrons. The van der Waals surface area contributed by atoms with Crippen LogP contribution in [0.3, 0.4) is 0 Å². The monoisotopic (exact) mass is 325 g/mol. The van der Waals surface area contributed by atoms with Gasteiger partial charge in [0.15, 0.2) is 0 Å². The zero-order valence-corrected chi connectivity index (χ0v) is 15.2. The number of nitrogens with zero attached hydrogens (tertiary/aromatic N) is 2. The average molecular weight is 325 g/mol. The van der Waals surface area contributed by atoms with Crippen molar-refractivity contribution in [2.45, 2.75) is 40.2 Å². The lowest BCUT2D eigenvalue weighted by molar-refractivity contribution is -0.117. The molecule has 24 heavy (non-hydrogen) atoms. The van der Waals surface area contributed by atoms with Gasteiger partial charge in [0, 0.05) is 24.4 Å². The van der Waals surface area contributed by atoms with E-state index in [1.54, 1.807) is 6.08 Å². The maximum absolute atomic E-state index is 12.4. The summed E-state index contributed by atoms with van der Waals surface area (Å²) in [6, 6.07) is 10.2. The Balaban J connectivity index is 2.11. The van der Waals surface area contributed by atoms with E-state index in [1.807, 2.05) is 49.9 Å². The third-order valence-electron chi connectivity index (χ3n) is 4.19. The molecule has 0 aliphatic heterocycles. The summed E-state index contributed by atoms with van der Waals surface area (Å²) in [6.45, 7) is 8.29. The normalized spacial score (nSPS) is 12.8. The van der Waals surface area contributed by atoms with Gasteiger partial charge in [0.2, 0.25) is 5.91 Å². The van der Waals surface area contributed by atoms with E-state index < -0.39 is 0 Å². The van der Waals surface area contributed by atoms with E-state index in [9.17, 15) is 4.79 Å². The Hall–Kier alpha value is -2.36. The van der Waals surface area contributed by atoms with Gasteiger partial charge in [-0.05, 0) is 37.8 Å². The van der Waals surface area contributed by atoms with Gasteiger partial charge in [-0.2, -0.15) is 5.10 Å². The molecule has 1 aromatic heterocycles. The smallest absolute Gasteiger partial charge is 0.244 e. The fourth-order valence-corrected chi connectivity index (χ4v) is 2.85. The van der Waals surface area contributed by atoms with Gasteiger partial charge < -0.3 is 5.32 Å². The van der Waals surface area contributed by atoms with Crippen LogP contribution in [0, 0.1) is 19.8 Å². The minimum Gasteiger partial charge on any atom is -0.346 e. The Morgan fingerprint density at radius 2 is 1.92 bits per heavy atom. The molecule has 128 valence electrons. The Morgan fingerprint density at radius 3 is 2.46 bits per heavy atom. The van der Waals surface area contributed by atoms with E-state index in [1.165, 1.54) is 0 Å².